The molecule has 0 saturated heterocycles. The lowest BCUT2D eigenvalue weighted by Gasteiger charge is -2.01. The molecule has 0 unspecified atom stereocenters. The molecule has 7 nitrogen and oxygen atoms in total. The van der Waals surface area contributed by atoms with E-state index in [0.717, 1.165) is 0 Å². The van der Waals surface area contributed by atoms with E-state index in [9.17, 15) is 18.3 Å². The van der Waals surface area contributed by atoms with E-state index in [1.165, 1.54) is 49.4 Å². The zero-order valence-corrected chi connectivity index (χ0v) is 12.4. The van der Waals surface area contributed by atoms with Crippen LogP contribution in [0.3, 0.4) is 0 Å². The third-order valence-corrected chi connectivity index (χ3v) is 3.75. The normalized spacial score (nSPS) is 11.7. The van der Waals surface area contributed by atoms with E-state index in [4.69, 9.17) is 5.14 Å². The molecule has 2 aromatic carbocycles. The van der Waals surface area contributed by atoms with Crippen LogP contribution in [0.2, 0.25) is 0 Å². The van der Waals surface area contributed by atoms with E-state index < -0.39 is 10.0 Å². The Hall–Kier alpha value is -2.58. The maximum absolute atomic E-state index is 11.3. The van der Waals surface area contributed by atoms with Gasteiger partial charge in [-0.05, 0) is 49.4 Å². The molecule has 0 bridgehead atoms. The van der Waals surface area contributed by atoms with Gasteiger partial charge in [0.2, 0.25) is 10.0 Å². The van der Waals surface area contributed by atoms with Crippen LogP contribution in [0.1, 0.15) is 17.3 Å². The Kier molecular flexibility index (Phi) is 4.34. The van der Waals surface area contributed by atoms with E-state index >= 15 is 0 Å². The average Bonchev–Trinajstić information content (AvgIpc) is 2.45. The Balaban J connectivity index is 2.29. The number of phenols is 1. The van der Waals surface area contributed by atoms with E-state index in [-0.39, 0.29) is 22.1 Å². The van der Waals surface area contributed by atoms with Crippen LogP contribution in [0.4, 0.5) is 11.4 Å². The van der Waals surface area contributed by atoms with Crippen molar-refractivity contribution in [3.05, 3.63) is 48.0 Å². The average molecular weight is 319 g/mol. The lowest BCUT2D eigenvalue weighted by molar-refractivity contribution is 0.101. The Morgan fingerprint density at radius 2 is 1.73 bits per heavy atom. The molecule has 0 aliphatic carbocycles. The molecule has 0 aliphatic heterocycles. The Labute approximate surface area is 127 Å². The van der Waals surface area contributed by atoms with Crippen LogP contribution in [0.5, 0.6) is 5.75 Å². The summed E-state index contributed by atoms with van der Waals surface area (Å²) in [5.41, 5.74) is 0.916. The van der Waals surface area contributed by atoms with Gasteiger partial charge in [-0.3, -0.25) is 4.79 Å². The number of azo groups is 1. The fourth-order valence-corrected chi connectivity index (χ4v) is 2.15. The molecule has 0 aliphatic rings. The first-order chi connectivity index (χ1) is 10.3. The quantitative estimate of drug-likeness (QED) is 0.664. The largest absolute Gasteiger partial charge is 0.506 e. The van der Waals surface area contributed by atoms with Gasteiger partial charge in [-0.25, -0.2) is 13.6 Å². The van der Waals surface area contributed by atoms with Crippen molar-refractivity contribution < 1.29 is 18.3 Å². The van der Waals surface area contributed by atoms with Crippen molar-refractivity contribution in [2.24, 2.45) is 15.4 Å². The number of sulfonamides is 1. The summed E-state index contributed by atoms with van der Waals surface area (Å²) in [5.74, 6) is -0.274. The number of primary sulfonamides is 1. The van der Waals surface area contributed by atoms with Crippen molar-refractivity contribution in [2.45, 2.75) is 11.8 Å². The monoisotopic (exact) mass is 319 g/mol. The number of nitrogens with zero attached hydrogens (tertiary/aromatic N) is 2. The van der Waals surface area contributed by atoms with Crippen molar-refractivity contribution in [3.8, 4) is 5.75 Å². The molecule has 0 saturated carbocycles. The molecular weight excluding hydrogens is 306 g/mol. The second-order valence-corrected chi connectivity index (χ2v) is 6.06. The molecule has 3 N–H and O–H groups in total. The van der Waals surface area contributed by atoms with Gasteiger partial charge in [0, 0.05) is 5.56 Å². The number of aromatic hydroxyl groups is 1. The summed E-state index contributed by atoms with van der Waals surface area (Å²) in [6, 6.07) is 9.71. The molecule has 0 amide bonds. The van der Waals surface area contributed by atoms with Crippen LogP contribution >= 0.6 is 0 Å². The highest BCUT2D eigenvalue weighted by molar-refractivity contribution is 7.89. The molecule has 0 radical (unpaired) electrons. The molecular formula is C14H13N3O4S. The summed E-state index contributed by atoms with van der Waals surface area (Å²) in [6.07, 6.45) is 0. The van der Waals surface area contributed by atoms with Crippen LogP contribution in [0.25, 0.3) is 0 Å². The SMILES string of the molecule is CC(=O)c1ccc(O)c(N=Nc2ccc(S(N)(=O)=O)cc2)c1. The third kappa shape index (κ3) is 3.74. The molecule has 0 fully saturated rings. The summed E-state index contributed by atoms with van der Waals surface area (Å²) in [7, 11) is -3.76. The van der Waals surface area contributed by atoms with Crippen molar-refractivity contribution in [1.82, 2.24) is 0 Å². The molecule has 0 heterocycles. The highest BCUT2D eigenvalue weighted by Crippen LogP contribution is 2.29. The smallest absolute Gasteiger partial charge is 0.238 e. The lowest BCUT2D eigenvalue weighted by Crippen LogP contribution is -2.11. The zero-order valence-electron chi connectivity index (χ0n) is 11.6. The van der Waals surface area contributed by atoms with Crippen LogP contribution in [0, 0.1) is 0 Å². The minimum atomic E-state index is -3.76. The van der Waals surface area contributed by atoms with Gasteiger partial charge < -0.3 is 5.11 Å². The van der Waals surface area contributed by atoms with Gasteiger partial charge in [-0.1, -0.05) is 0 Å². The fraction of sp³-hybridized carbons (Fsp3) is 0.0714. The number of rotatable bonds is 4. The van der Waals surface area contributed by atoms with Gasteiger partial charge in [0.1, 0.15) is 11.4 Å². The number of carbonyl (C=O) groups is 1. The maximum Gasteiger partial charge on any atom is 0.238 e. The standard InChI is InChI=1S/C14H13N3O4S/c1-9(18)10-2-7-14(19)13(8-10)17-16-11-3-5-12(6-4-11)22(15,20)21/h2-8,19H,1H3,(H2,15,20,21). The van der Waals surface area contributed by atoms with Crippen LogP contribution in [-0.4, -0.2) is 19.3 Å². The number of ketones is 1. The fourth-order valence-electron chi connectivity index (χ4n) is 1.64. The van der Waals surface area contributed by atoms with E-state index in [0.29, 0.717) is 11.3 Å². The van der Waals surface area contributed by atoms with Crippen LogP contribution < -0.4 is 5.14 Å². The van der Waals surface area contributed by atoms with Gasteiger partial charge in [-0.2, -0.15) is 5.11 Å². The molecule has 0 spiro atoms. The molecule has 2 aromatic rings. The summed E-state index contributed by atoms with van der Waals surface area (Å²) >= 11 is 0. The van der Waals surface area contributed by atoms with Gasteiger partial charge in [0.05, 0.1) is 10.6 Å². The predicted molar refractivity (Wildman–Crippen MR) is 80.1 cm³/mol. The molecule has 2 rings (SSSR count). The minimum Gasteiger partial charge on any atom is -0.506 e. The second-order valence-electron chi connectivity index (χ2n) is 4.50. The molecule has 0 aromatic heterocycles. The summed E-state index contributed by atoms with van der Waals surface area (Å²) in [6.45, 7) is 1.40. The topological polar surface area (TPSA) is 122 Å². The number of hydrogen-bond donors (Lipinski definition) is 2. The molecule has 8 heteroatoms. The predicted octanol–water partition coefficient (Wildman–Crippen LogP) is 2.66. The summed E-state index contributed by atoms with van der Waals surface area (Å²) < 4.78 is 22.3. The van der Waals surface area contributed by atoms with Gasteiger partial charge in [0.15, 0.2) is 5.78 Å². The highest BCUT2D eigenvalue weighted by atomic mass is 32.2. The molecule has 114 valence electrons. The number of carbonyl (C=O) groups excluding carboxylic acids is 1. The number of benzene rings is 2. The Bertz CT molecular complexity index is 843. The van der Waals surface area contributed by atoms with Crippen molar-refractivity contribution >= 4 is 27.2 Å². The van der Waals surface area contributed by atoms with E-state index in [1.54, 1.807) is 0 Å². The van der Waals surface area contributed by atoms with Gasteiger partial charge in [-0.15, -0.1) is 5.11 Å². The van der Waals surface area contributed by atoms with Crippen molar-refractivity contribution in [3.63, 3.8) is 0 Å². The summed E-state index contributed by atoms with van der Waals surface area (Å²) in [4.78, 5) is 11.3. The van der Waals surface area contributed by atoms with Crippen molar-refractivity contribution in [2.75, 3.05) is 0 Å². The second kappa shape index (κ2) is 6.04. The van der Waals surface area contributed by atoms with E-state index in [2.05, 4.69) is 10.2 Å². The Morgan fingerprint density at radius 3 is 2.27 bits per heavy atom. The first-order valence-corrected chi connectivity index (χ1v) is 7.70. The van der Waals surface area contributed by atoms with Crippen LogP contribution in [-0.2, 0) is 10.0 Å². The summed E-state index contributed by atoms with van der Waals surface area (Å²) in [5, 5.41) is 22.4. The number of nitrogens with two attached hydrogens (primary N) is 1. The zero-order chi connectivity index (χ0) is 16.3. The van der Waals surface area contributed by atoms with Gasteiger partial charge in [0.25, 0.3) is 0 Å². The number of Topliss-reactive ketones (excluding diaryl/α,β-unsaturated/α-hetero) is 1. The van der Waals surface area contributed by atoms with Gasteiger partial charge >= 0.3 is 0 Å². The van der Waals surface area contributed by atoms with Crippen molar-refractivity contribution in [1.29, 1.82) is 0 Å². The lowest BCUT2D eigenvalue weighted by atomic mass is 10.1. The maximum atomic E-state index is 11.3. The number of phenolic OH excluding ortho intramolecular Hbond substituents is 1. The highest BCUT2D eigenvalue weighted by Gasteiger charge is 2.07. The van der Waals surface area contributed by atoms with Crippen LogP contribution in [0.15, 0.2) is 57.6 Å². The Morgan fingerprint density at radius 1 is 1.09 bits per heavy atom. The first kappa shape index (κ1) is 15.8. The molecule has 22 heavy (non-hydrogen) atoms. The van der Waals surface area contributed by atoms with E-state index in [1.807, 2.05) is 0 Å². The third-order valence-electron chi connectivity index (χ3n) is 2.82. The molecule has 0 atom stereocenters. The number of hydrogen-bond acceptors (Lipinski definition) is 6. The first-order valence-electron chi connectivity index (χ1n) is 6.16. The minimum absolute atomic E-state index is 0.0344.